The van der Waals surface area contributed by atoms with Crippen molar-refractivity contribution in [1.82, 2.24) is 0 Å². The molecule has 2 unspecified atom stereocenters. The summed E-state index contributed by atoms with van der Waals surface area (Å²) in [7, 11) is 0. The molecule has 0 aromatic heterocycles. The number of aryl methyl sites for hydroxylation is 9. The molecule has 6 nitrogen and oxygen atoms in total. The van der Waals surface area contributed by atoms with Crippen LogP contribution in [0.4, 0.5) is 0 Å². The second-order valence-corrected chi connectivity index (χ2v) is 14.2. The van der Waals surface area contributed by atoms with Crippen molar-refractivity contribution in [3.63, 3.8) is 0 Å². The van der Waals surface area contributed by atoms with Gasteiger partial charge in [-0.3, -0.25) is 0 Å². The van der Waals surface area contributed by atoms with E-state index < -0.39 is 11.9 Å². The molecule has 0 radical (unpaired) electrons. The normalized spacial score (nSPS) is 12.2. The van der Waals surface area contributed by atoms with Gasteiger partial charge in [0.25, 0.3) is 0 Å². The van der Waals surface area contributed by atoms with Gasteiger partial charge in [-0.25, -0.2) is 9.59 Å². The van der Waals surface area contributed by atoms with Crippen molar-refractivity contribution in [2.45, 2.75) is 74.1 Å². The Balaban J connectivity index is 1.90. The average Bonchev–Trinajstić information content (AvgIpc) is 3.10. The number of hydrogen-bond donors (Lipinski definition) is 2. The van der Waals surface area contributed by atoms with E-state index in [0.29, 0.717) is 11.5 Å². The highest BCUT2D eigenvalue weighted by Crippen LogP contribution is 2.47. The maximum absolute atomic E-state index is 12.3. The molecule has 0 bridgehead atoms. The van der Waals surface area contributed by atoms with Crippen LogP contribution < -0.4 is 9.47 Å². The highest BCUT2D eigenvalue weighted by molar-refractivity contribution is 5.84. The average molecular weight is 709 g/mol. The SMILES string of the molecule is C=CC(=O)Oc1cc(C)c(C(c2cc(C)c(O)cc2C)c2ccc(C)cc2C(c2cc(C)c(O)cc2C)c2cc(C)c(OC(=O)C=C)cc2C)cc1C. The Morgan fingerprint density at radius 1 is 0.472 bits per heavy atom. The number of ether oxygens (including phenoxy) is 2. The van der Waals surface area contributed by atoms with Crippen molar-refractivity contribution in [3.8, 4) is 23.0 Å². The van der Waals surface area contributed by atoms with Crippen molar-refractivity contribution in [3.05, 3.63) is 175 Å². The van der Waals surface area contributed by atoms with Crippen LogP contribution >= 0.6 is 0 Å². The molecule has 0 amide bonds. The van der Waals surface area contributed by atoms with E-state index in [1.54, 1.807) is 0 Å². The van der Waals surface area contributed by atoms with Crippen LogP contribution in [0.2, 0.25) is 0 Å². The molecule has 5 rings (SSSR count). The smallest absolute Gasteiger partial charge is 0.335 e. The third-order valence-electron chi connectivity index (χ3n) is 10.2. The second-order valence-electron chi connectivity index (χ2n) is 14.2. The maximum Gasteiger partial charge on any atom is 0.335 e. The van der Waals surface area contributed by atoms with Crippen LogP contribution in [-0.2, 0) is 9.59 Å². The number of carbonyl (C=O) groups excluding carboxylic acids is 2. The van der Waals surface area contributed by atoms with Gasteiger partial charge < -0.3 is 19.7 Å². The standard InChI is InChI=1S/C47H48O6/c1-12-44(50)52-42-23-28(6)37(19-32(42)10)46(35-17-30(8)40(48)21-26(35)4)34-15-14-25(3)16-39(34)47(36-18-31(9)41(49)22-27(36)5)38-20-33(11)43(24-29(38)7)53-45(51)13-2/h12-24,46-49H,1-2H2,3-11H3. The summed E-state index contributed by atoms with van der Waals surface area (Å²) in [6.07, 6.45) is 2.31. The van der Waals surface area contributed by atoms with E-state index in [0.717, 1.165) is 95.6 Å². The zero-order chi connectivity index (χ0) is 38.9. The van der Waals surface area contributed by atoms with Crippen LogP contribution in [0.15, 0.2) is 92.0 Å². The molecular weight excluding hydrogens is 661 g/mol. The number of benzene rings is 5. The molecule has 0 fully saturated rings. The Bertz CT molecular complexity index is 2290. The molecule has 2 N–H and O–H groups in total. The number of rotatable bonds is 10. The Labute approximate surface area is 313 Å². The van der Waals surface area contributed by atoms with Crippen LogP contribution in [0.5, 0.6) is 23.0 Å². The first-order chi connectivity index (χ1) is 25.0. The summed E-state index contributed by atoms with van der Waals surface area (Å²) >= 11 is 0. The lowest BCUT2D eigenvalue weighted by Gasteiger charge is -2.31. The van der Waals surface area contributed by atoms with Gasteiger partial charge in [0.2, 0.25) is 0 Å². The summed E-state index contributed by atoms with van der Waals surface area (Å²) in [6, 6.07) is 22.3. The van der Waals surface area contributed by atoms with Crippen molar-refractivity contribution < 1.29 is 29.3 Å². The summed E-state index contributed by atoms with van der Waals surface area (Å²) in [6.45, 7) is 24.9. The maximum atomic E-state index is 12.3. The van der Waals surface area contributed by atoms with Crippen LogP contribution in [0.1, 0.15) is 95.3 Å². The van der Waals surface area contributed by atoms with Crippen LogP contribution in [0, 0.1) is 62.3 Å². The molecule has 5 aromatic carbocycles. The molecule has 5 aromatic rings. The van der Waals surface area contributed by atoms with Gasteiger partial charge >= 0.3 is 11.9 Å². The summed E-state index contributed by atoms with van der Waals surface area (Å²) in [5, 5.41) is 21.6. The fraction of sp³-hybridized carbons (Fsp3) is 0.234. The van der Waals surface area contributed by atoms with E-state index in [1.165, 1.54) is 0 Å². The third-order valence-corrected chi connectivity index (χ3v) is 10.2. The van der Waals surface area contributed by atoms with Gasteiger partial charge in [-0.05, 0) is 164 Å². The largest absolute Gasteiger partial charge is 0.508 e. The van der Waals surface area contributed by atoms with Crippen molar-refractivity contribution in [2.75, 3.05) is 0 Å². The van der Waals surface area contributed by atoms with E-state index in [4.69, 9.17) is 9.47 Å². The van der Waals surface area contributed by atoms with E-state index in [-0.39, 0.29) is 23.3 Å². The fourth-order valence-electron chi connectivity index (χ4n) is 7.25. The first-order valence-electron chi connectivity index (χ1n) is 17.7. The number of esters is 2. The predicted octanol–water partition coefficient (Wildman–Crippen LogP) is 10.4. The number of phenolic OH excluding ortho intramolecular Hbond substituents is 2. The topological polar surface area (TPSA) is 93.1 Å². The number of phenols is 2. The zero-order valence-electron chi connectivity index (χ0n) is 32.1. The third kappa shape index (κ3) is 7.82. The first-order valence-corrected chi connectivity index (χ1v) is 17.7. The Kier molecular flexibility index (Phi) is 11.1. The molecule has 0 aliphatic carbocycles. The van der Waals surface area contributed by atoms with Gasteiger partial charge in [0.05, 0.1) is 0 Å². The minimum Gasteiger partial charge on any atom is -0.508 e. The lowest BCUT2D eigenvalue weighted by molar-refractivity contribution is -0.129. The molecule has 6 heteroatoms. The van der Waals surface area contributed by atoms with Crippen LogP contribution in [-0.4, -0.2) is 22.2 Å². The molecule has 0 saturated heterocycles. The molecule has 0 heterocycles. The Morgan fingerprint density at radius 2 is 0.830 bits per heavy atom. The summed E-state index contributed by atoms with van der Waals surface area (Å²) in [5.41, 5.74) is 14.1. The van der Waals surface area contributed by atoms with Gasteiger partial charge in [-0.2, -0.15) is 0 Å². The molecule has 272 valence electrons. The van der Waals surface area contributed by atoms with Crippen LogP contribution in [0.3, 0.4) is 0 Å². The van der Waals surface area contributed by atoms with E-state index in [9.17, 15) is 19.8 Å². The number of hydrogen-bond acceptors (Lipinski definition) is 6. The molecule has 0 aliphatic rings. The monoisotopic (exact) mass is 708 g/mol. The molecule has 53 heavy (non-hydrogen) atoms. The van der Waals surface area contributed by atoms with Gasteiger partial charge in [0.15, 0.2) is 0 Å². The Hall–Kier alpha value is -5.88. The van der Waals surface area contributed by atoms with Gasteiger partial charge in [-0.15, -0.1) is 0 Å². The molecular formula is C47H48O6. The lowest BCUT2D eigenvalue weighted by Crippen LogP contribution is -2.16. The first kappa shape index (κ1) is 38.4. The van der Waals surface area contributed by atoms with Gasteiger partial charge in [0, 0.05) is 24.0 Å². The lowest BCUT2D eigenvalue weighted by atomic mass is 9.72. The fourth-order valence-corrected chi connectivity index (χ4v) is 7.25. The van der Waals surface area contributed by atoms with Gasteiger partial charge in [0.1, 0.15) is 23.0 Å². The zero-order valence-corrected chi connectivity index (χ0v) is 32.1. The number of carbonyl (C=O) groups is 2. The van der Waals surface area contributed by atoms with E-state index in [2.05, 4.69) is 62.5 Å². The van der Waals surface area contributed by atoms with Crippen molar-refractivity contribution in [1.29, 1.82) is 0 Å². The number of aromatic hydroxyl groups is 2. The minimum atomic E-state index is -0.527. The van der Waals surface area contributed by atoms with E-state index >= 15 is 0 Å². The Morgan fingerprint density at radius 3 is 1.23 bits per heavy atom. The predicted molar refractivity (Wildman–Crippen MR) is 212 cm³/mol. The quantitative estimate of drug-likeness (QED) is 0.0649. The molecule has 0 saturated carbocycles. The highest BCUT2D eigenvalue weighted by Gasteiger charge is 2.31. The van der Waals surface area contributed by atoms with Gasteiger partial charge in [-0.1, -0.05) is 61.2 Å². The molecule has 2 atom stereocenters. The van der Waals surface area contributed by atoms with Crippen LogP contribution in [0.25, 0.3) is 0 Å². The minimum absolute atomic E-state index is 0.227. The molecule has 0 spiro atoms. The summed E-state index contributed by atoms with van der Waals surface area (Å²) in [4.78, 5) is 24.5. The highest BCUT2D eigenvalue weighted by atomic mass is 16.5. The van der Waals surface area contributed by atoms with Crippen molar-refractivity contribution >= 4 is 11.9 Å². The summed E-state index contributed by atoms with van der Waals surface area (Å²) in [5.74, 6) is -0.272. The second kappa shape index (κ2) is 15.4. The summed E-state index contributed by atoms with van der Waals surface area (Å²) < 4.78 is 11.3. The van der Waals surface area contributed by atoms with Crippen molar-refractivity contribution in [2.24, 2.45) is 0 Å². The molecule has 0 aliphatic heterocycles. The van der Waals surface area contributed by atoms with E-state index in [1.807, 2.05) is 79.7 Å².